The number of carbonyl (C=O) groups excluding carboxylic acids is 3. The maximum Gasteiger partial charge on any atom is 0.233 e. The van der Waals surface area contributed by atoms with Crippen molar-refractivity contribution in [3.63, 3.8) is 0 Å². The molecule has 27 heavy (non-hydrogen) atoms. The summed E-state index contributed by atoms with van der Waals surface area (Å²) in [5, 5.41) is 6.40. The molecule has 2 fully saturated rings. The zero-order valence-electron chi connectivity index (χ0n) is 15.6. The Kier molecular flexibility index (Phi) is 5.25. The minimum atomic E-state index is -0.141. The van der Waals surface area contributed by atoms with Crippen LogP contribution in [0.4, 0.5) is 0 Å². The summed E-state index contributed by atoms with van der Waals surface area (Å²) in [7, 11) is 0. The molecule has 1 saturated heterocycles. The van der Waals surface area contributed by atoms with Gasteiger partial charge in [0.1, 0.15) is 0 Å². The molecule has 3 atom stereocenters. The van der Waals surface area contributed by atoms with E-state index in [-0.39, 0.29) is 48.6 Å². The van der Waals surface area contributed by atoms with Crippen LogP contribution in [0.3, 0.4) is 0 Å². The van der Waals surface area contributed by atoms with Gasteiger partial charge in [-0.05, 0) is 36.9 Å². The van der Waals surface area contributed by atoms with Gasteiger partial charge in [-0.25, -0.2) is 0 Å². The summed E-state index contributed by atoms with van der Waals surface area (Å²) < 4.78 is 0. The molecule has 0 bridgehead atoms. The molecule has 1 saturated carbocycles. The maximum absolute atomic E-state index is 12.5. The van der Waals surface area contributed by atoms with Gasteiger partial charge in [0.2, 0.25) is 17.7 Å². The number of hydrogen-bond donors (Lipinski definition) is 2. The van der Waals surface area contributed by atoms with Crippen LogP contribution in [0, 0.1) is 11.8 Å². The SMILES string of the molecule is O=C(CCN1C(=O)C2CCCCC2C1=O)NCC1NCCc2ccccc21. The second-order valence-corrected chi connectivity index (χ2v) is 7.84. The van der Waals surface area contributed by atoms with Crippen molar-refractivity contribution in [2.75, 3.05) is 19.6 Å². The van der Waals surface area contributed by atoms with Gasteiger partial charge in [-0.1, -0.05) is 37.1 Å². The van der Waals surface area contributed by atoms with E-state index >= 15 is 0 Å². The molecule has 3 amide bonds. The van der Waals surface area contributed by atoms with Crippen LogP contribution < -0.4 is 10.6 Å². The minimum absolute atomic E-state index is 0.0691. The Hall–Kier alpha value is -2.21. The molecule has 4 rings (SSSR count). The van der Waals surface area contributed by atoms with Crippen LogP contribution in [0.2, 0.25) is 0 Å². The van der Waals surface area contributed by atoms with Crippen molar-refractivity contribution in [1.29, 1.82) is 0 Å². The van der Waals surface area contributed by atoms with E-state index in [9.17, 15) is 14.4 Å². The highest BCUT2D eigenvalue weighted by molar-refractivity contribution is 6.05. The van der Waals surface area contributed by atoms with E-state index < -0.39 is 0 Å². The Morgan fingerprint density at radius 2 is 1.81 bits per heavy atom. The number of fused-ring (bicyclic) bond motifs is 2. The van der Waals surface area contributed by atoms with Gasteiger partial charge in [0, 0.05) is 25.6 Å². The van der Waals surface area contributed by atoms with Gasteiger partial charge in [0.25, 0.3) is 0 Å². The van der Waals surface area contributed by atoms with E-state index in [0.29, 0.717) is 6.54 Å². The molecule has 6 heteroatoms. The van der Waals surface area contributed by atoms with Crippen molar-refractivity contribution in [3.05, 3.63) is 35.4 Å². The molecule has 6 nitrogen and oxygen atoms in total. The van der Waals surface area contributed by atoms with Gasteiger partial charge in [0.05, 0.1) is 11.8 Å². The smallest absolute Gasteiger partial charge is 0.233 e. The van der Waals surface area contributed by atoms with E-state index in [4.69, 9.17) is 0 Å². The van der Waals surface area contributed by atoms with Crippen LogP contribution in [-0.4, -0.2) is 42.3 Å². The summed E-state index contributed by atoms with van der Waals surface area (Å²) in [5.41, 5.74) is 2.56. The number of amides is 3. The van der Waals surface area contributed by atoms with Crippen molar-refractivity contribution in [2.45, 2.75) is 44.6 Å². The number of likely N-dealkylation sites (tertiary alicyclic amines) is 1. The number of carbonyl (C=O) groups is 3. The number of imide groups is 1. The first kappa shape index (κ1) is 18.2. The first-order valence-corrected chi connectivity index (χ1v) is 10.1. The molecule has 1 aromatic rings. The van der Waals surface area contributed by atoms with Crippen LogP contribution in [0.1, 0.15) is 49.3 Å². The molecule has 0 radical (unpaired) electrons. The molecule has 1 aliphatic carbocycles. The van der Waals surface area contributed by atoms with Crippen LogP contribution in [0.25, 0.3) is 0 Å². The first-order valence-electron chi connectivity index (χ1n) is 10.1. The summed E-state index contributed by atoms with van der Waals surface area (Å²) >= 11 is 0. The molecule has 0 aromatic heterocycles. The Morgan fingerprint density at radius 3 is 2.56 bits per heavy atom. The van der Waals surface area contributed by atoms with Gasteiger partial charge in [-0.3, -0.25) is 19.3 Å². The summed E-state index contributed by atoms with van der Waals surface area (Å²) in [5.74, 6) is -0.537. The second-order valence-electron chi connectivity index (χ2n) is 7.84. The molecule has 0 spiro atoms. The third kappa shape index (κ3) is 3.63. The van der Waals surface area contributed by atoms with E-state index in [0.717, 1.165) is 38.6 Å². The summed E-state index contributed by atoms with van der Waals surface area (Å²) in [6.45, 7) is 1.62. The van der Waals surface area contributed by atoms with E-state index in [2.05, 4.69) is 22.8 Å². The largest absolute Gasteiger partial charge is 0.354 e. The number of benzene rings is 1. The quantitative estimate of drug-likeness (QED) is 0.772. The van der Waals surface area contributed by atoms with Crippen molar-refractivity contribution >= 4 is 17.7 Å². The van der Waals surface area contributed by atoms with Crippen LogP contribution >= 0.6 is 0 Å². The predicted molar refractivity (Wildman–Crippen MR) is 101 cm³/mol. The number of hydrogen-bond acceptors (Lipinski definition) is 4. The van der Waals surface area contributed by atoms with Crippen molar-refractivity contribution in [2.24, 2.45) is 11.8 Å². The van der Waals surface area contributed by atoms with Crippen molar-refractivity contribution in [3.8, 4) is 0 Å². The fourth-order valence-electron chi connectivity index (χ4n) is 4.74. The van der Waals surface area contributed by atoms with Gasteiger partial charge in [0.15, 0.2) is 0 Å². The standard InChI is InChI=1S/C21H27N3O3/c25-19(23-13-18-15-6-2-1-5-14(15)9-11-22-18)10-12-24-20(26)16-7-3-4-8-17(16)21(24)27/h1-2,5-6,16-18,22H,3-4,7-13H2,(H,23,25). The highest BCUT2D eigenvalue weighted by Crippen LogP contribution is 2.37. The number of rotatable bonds is 5. The molecule has 2 N–H and O–H groups in total. The zero-order valence-corrected chi connectivity index (χ0v) is 15.6. The molecule has 2 heterocycles. The van der Waals surface area contributed by atoms with Crippen LogP contribution in [0.15, 0.2) is 24.3 Å². The van der Waals surface area contributed by atoms with Gasteiger partial charge in [-0.2, -0.15) is 0 Å². The highest BCUT2D eigenvalue weighted by atomic mass is 16.2. The molecule has 3 unspecified atom stereocenters. The van der Waals surface area contributed by atoms with E-state index in [1.807, 2.05) is 12.1 Å². The third-order valence-electron chi connectivity index (χ3n) is 6.21. The van der Waals surface area contributed by atoms with E-state index in [1.165, 1.54) is 16.0 Å². The Morgan fingerprint density at radius 1 is 1.11 bits per heavy atom. The lowest BCUT2D eigenvalue weighted by atomic mass is 9.81. The lowest BCUT2D eigenvalue weighted by Gasteiger charge is -2.27. The predicted octanol–water partition coefficient (Wildman–Crippen LogP) is 1.55. The van der Waals surface area contributed by atoms with Crippen molar-refractivity contribution < 1.29 is 14.4 Å². The molecule has 1 aromatic carbocycles. The molecular weight excluding hydrogens is 342 g/mol. The number of nitrogens with one attached hydrogen (secondary N) is 2. The average molecular weight is 369 g/mol. The third-order valence-corrected chi connectivity index (χ3v) is 6.21. The Labute approximate surface area is 159 Å². The fourth-order valence-corrected chi connectivity index (χ4v) is 4.74. The normalized spacial score (nSPS) is 27.3. The van der Waals surface area contributed by atoms with Crippen molar-refractivity contribution in [1.82, 2.24) is 15.5 Å². The maximum atomic E-state index is 12.5. The number of nitrogens with zero attached hydrogens (tertiary/aromatic N) is 1. The lowest BCUT2D eigenvalue weighted by Crippen LogP contribution is -2.40. The minimum Gasteiger partial charge on any atom is -0.354 e. The first-order chi connectivity index (χ1) is 13.1. The highest BCUT2D eigenvalue weighted by Gasteiger charge is 2.47. The van der Waals surface area contributed by atoms with E-state index in [1.54, 1.807) is 0 Å². The monoisotopic (exact) mass is 369 g/mol. The summed E-state index contributed by atoms with van der Waals surface area (Å²) in [4.78, 5) is 38.6. The van der Waals surface area contributed by atoms with Crippen LogP contribution in [0.5, 0.6) is 0 Å². The average Bonchev–Trinajstić information content (AvgIpc) is 2.95. The lowest BCUT2D eigenvalue weighted by molar-refractivity contribution is -0.140. The van der Waals surface area contributed by atoms with Gasteiger partial charge in [-0.15, -0.1) is 0 Å². The molecular formula is C21H27N3O3. The van der Waals surface area contributed by atoms with Gasteiger partial charge >= 0.3 is 0 Å². The zero-order chi connectivity index (χ0) is 18.8. The molecule has 144 valence electrons. The summed E-state index contributed by atoms with van der Waals surface area (Å²) in [6, 6.07) is 8.40. The van der Waals surface area contributed by atoms with Crippen LogP contribution in [-0.2, 0) is 20.8 Å². The topological polar surface area (TPSA) is 78.5 Å². The fraction of sp³-hybridized carbons (Fsp3) is 0.571. The molecule has 2 aliphatic heterocycles. The Balaban J connectivity index is 1.28. The molecule has 3 aliphatic rings. The van der Waals surface area contributed by atoms with Gasteiger partial charge < -0.3 is 10.6 Å². The Bertz CT molecular complexity index is 724. The summed E-state index contributed by atoms with van der Waals surface area (Å²) in [6.07, 6.45) is 4.83. The second kappa shape index (κ2) is 7.80.